The number of nitrogens with one attached hydrogen (secondary N) is 2. The predicted molar refractivity (Wildman–Crippen MR) is 83.3 cm³/mol. The molecule has 0 saturated heterocycles. The van der Waals surface area contributed by atoms with Crippen molar-refractivity contribution in [2.75, 3.05) is 0 Å². The standard InChI is InChI=1S/C16H25N3O2/c1-11(19-15(21)13(17)16(2,3)4)14(20)18-10-12-8-6-5-7-9-12/h5-9,11,13H,10,17H2,1-4H3,(H,18,20)(H,19,21)/t11?,13-/m1/s1. The van der Waals surface area contributed by atoms with Gasteiger partial charge >= 0.3 is 0 Å². The van der Waals surface area contributed by atoms with Gasteiger partial charge in [0.2, 0.25) is 11.8 Å². The van der Waals surface area contributed by atoms with E-state index >= 15 is 0 Å². The highest BCUT2D eigenvalue weighted by Gasteiger charge is 2.29. The summed E-state index contributed by atoms with van der Waals surface area (Å²) in [7, 11) is 0. The highest BCUT2D eigenvalue weighted by atomic mass is 16.2. The largest absolute Gasteiger partial charge is 0.350 e. The van der Waals surface area contributed by atoms with Crippen LogP contribution in [0, 0.1) is 5.41 Å². The summed E-state index contributed by atoms with van der Waals surface area (Å²) < 4.78 is 0. The quantitative estimate of drug-likeness (QED) is 0.761. The van der Waals surface area contributed by atoms with Crippen molar-refractivity contribution in [3.05, 3.63) is 35.9 Å². The van der Waals surface area contributed by atoms with Gasteiger partial charge in [-0.1, -0.05) is 51.1 Å². The summed E-state index contributed by atoms with van der Waals surface area (Å²) in [6.45, 7) is 7.74. The van der Waals surface area contributed by atoms with Gasteiger partial charge < -0.3 is 16.4 Å². The first-order valence-corrected chi connectivity index (χ1v) is 7.09. The summed E-state index contributed by atoms with van der Waals surface area (Å²) in [5.74, 6) is -0.543. The van der Waals surface area contributed by atoms with Gasteiger partial charge in [-0.3, -0.25) is 9.59 Å². The fraction of sp³-hybridized carbons (Fsp3) is 0.500. The molecule has 0 aromatic heterocycles. The maximum atomic E-state index is 12.0. The first-order valence-electron chi connectivity index (χ1n) is 7.09. The zero-order chi connectivity index (χ0) is 16.0. The van der Waals surface area contributed by atoms with Crippen LogP contribution in [0.1, 0.15) is 33.3 Å². The third-order valence-electron chi connectivity index (χ3n) is 3.28. The van der Waals surface area contributed by atoms with E-state index in [1.54, 1.807) is 6.92 Å². The normalized spacial score (nSPS) is 14.1. The molecule has 2 atom stereocenters. The monoisotopic (exact) mass is 291 g/mol. The van der Waals surface area contributed by atoms with E-state index in [0.717, 1.165) is 5.56 Å². The van der Waals surface area contributed by atoms with Gasteiger partial charge in [-0.25, -0.2) is 0 Å². The maximum Gasteiger partial charge on any atom is 0.242 e. The zero-order valence-electron chi connectivity index (χ0n) is 13.1. The Bertz CT molecular complexity index is 480. The van der Waals surface area contributed by atoms with E-state index < -0.39 is 12.1 Å². The van der Waals surface area contributed by atoms with Crippen LogP contribution in [0.2, 0.25) is 0 Å². The molecule has 21 heavy (non-hydrogen) atoms. The first-order chi connectivity index (χ1) is 9.71. The van der Waals surface area contributed by atoms with Gasteiger partial charge in [0.1, 0.15) is 6.04 Å². The number of amides is 2. The van der Waals surface area contributed by atoms with Crippen LogP contribution in [0.3, 0.4) is 0 Å². The summed E-state index contributed by atoms with van der Waals surface area (Å²) in [6.07, 6.45) is 0. The molecule has 1 unspecified atom stereocenters. The van der Waals surface area contributed by atoms with Crippen molar-refractivity contribution in [2.24, 2.45) is 11.1 Å². The van der Waals surface area contributed by atoms with Crippen LogP contribution < -0.4 is 16.4 Å². The topological polar surface area (TPSA) is 84.2 Å². The van der Waals surface area contributed by atoms with Crippen molar-refractivity contribution in [2.45, 2.75) is 46.3 Å². The average Bonchev–Trinajstić information content (AvgIpc) is 2.43. The van der Waals surface area contributed by atoms with E-state index in [0.29, 0.717) is 6.54 Å². The Morgan fingerprint density at radius 1 is 1.14 bits per heavy atom. The van der Waals surface area contributed by atoms with E-state index in [2.05, 4.69) is 10.6 Å². The molecular formula is C16H25N3O2. The smallest absolute Gasteiger partial charge is 0.242 e. The summed E-state index contributed by atoms with van der Waals surface area (Å²) in [6, 6.07) is 8.33. The van der Waals surface area contributed by atoms with Crippen LogP contribution in [-0.4, -0.2) is 23.9 Å². The van der Waals surface area contributed by atoms with E-state index in [1.807, 2.05) is 51.1 Å². The van der Waals surface area contributed by atoms with Crippen LogP contribution >= 0.6 is 0 Å². The molecule has 0 saturated carbocycles. The fourth-order valence-electron chi connectivity index (χ4n) is 1.70. The van der Waals surface area contributed by atoms with Gasteiger partial charge in [-0.05, 0) is 17.9 Å². The Labute approximate surface area is 126 Å². The lowest BCUT2D eigenvalue weighted by Crippen LogP contribution is -2.54. The first kappa shape index (κ1) is 17.2. The molecule has 0 bridgehead atoms. The van der Waals surface area contributed by atoms with Crippen molar-refractivity contribution in [3.63, 3.8) is 0 Å². The number of nitrogens with two attached hydrogens (primary N) is 1. The second-order valence-corrected chi connectivity index (χ2v) is 6.28. The molecule has 5 heteroatoms. The van der Waals surface area contributed by atoms with Crippen molar-refractivity contribution >= 4 is 11.8 Å². The number of benzene rings is 1. The molecule has 0 heterocycles. The minimum atomic E-state index is -0.651. The number of hydrogen-bond donors (Lipinski definition) is 3. The second kappa shape index (κ2) is 7.22. The molecule has 1 aromatic carbocycles. The van der Waals surface area contributed by atoms with Crippen LogP contribution in [-0.2, 0) is 16.1 Å². The van der Waals surface area contributed by atoms with Crippen molar-refractivity contribution < 1.29 is 9.59 Å². The minimum absolute atomic E-state index is 0.228. The molecule has 1 rings (SSSR count). The molecule has 0 aliphatic carbocycles. The van der Waals surface area contributed by atoms with Crippen LogP contribution in [0.5, 0.6) is 0 Å². The molecule has 0 aliphatic rings. The summed E-state index contributed by atoms with van der Waals surface area (Å²) >= 11 is 0. The summed E-state index contributed by atoms with van der Waals surface area (Å²) in [5.41, 5.74) is 6.53. The fourth-order valence-corrected chi connectivity index (χ4v) is 1.70. The lowest BCUT2D eigenvalue weighted by molar-refractivity contribution is -0.130. The molecule has 0 spiro atoms. The van der Waals surface area contributed by atoms with E-state index in [1.165, 1.54) is 0 Å². The molecular weight excluding hydrogens is 266 g/mol. The lowest BCUT2D eigenvalue weighted by Gasteiger charge is -2.27. The molecule has 0 fully saturated rings. The SMILES string of the molecule is CC(NC(=O)[C@@H](N)C(C)(C)C)C(=O)NCc1ccccc1. The van der Waals surface area contributed by atoms with Crippen LogP contribution in [0.15, 0.2) is 30.3 Å². The Balaban J connectivity index is 2.46. The van der Waals surface area contributed by atoms with Gasteiger partial charge in [0.25, 0.3) is 0 Å². The third kappa shape index (κ3) is 5.55. The molecule has 0 radical (unpaired) electrons. The number of carbonyl (C=O) groups excluding carboxylic acids is 2. The minimum Gasteiger partial charge on any atom is -0.350 e. The predicted octanol–water partition coefficient (Wildman–Crippen LogP) is 1.18. The highest BCUT2D eigenvalue weighted by molar-refractivity contribution is 5.89. The van der Waals surface area contributed by atoms with E-state index in [-0.39, 0.29) is 17.2 Å². The Morgan fingerprint density at radius 3 is 2.24 bits per heavy atom. The van der Waals surface area contributed by atoms with Gasteiger partial charge in [0, 0.05) is 6.54 Å². The Hall–Kier alpha value is -1.88. The van der Waals surface area contributed by atoms with E-state index in [4.69, 9.17) is 5.73 Å². The molecule has 4 N–H and O–H groups in total. The van der Waals surface area contributed by atoms with Crippen LogP contribution in [0.4, 0.5) is 0 Å². The molecule has 5 nitrogen and oxygen atoms in total. The molecule has 116 valence electrons. The third-order valence-corrected chi connectivity index (χ3v) is 3.28. The van der Waals surface area contributed by atoms with Crippen molar-refractivity contribution in [1.29, 1.82) is 0 Å². The van der Waals surface area contributed by atoms with Gasteiger partial charge in [0.05, 0.1) is 6.04 Å². The van der Waals surface area contributed by atoms with Gasteiger partial charge in [0.15, 0.2) is 0 Å². The van der Waals surface area contributed by atoms with Gasteiger partial charge in [-0.15, -0.1) is 0 Å². The number of carbonyl (C=O) groups is 2. The second-order valence-electron chi connectivity index (χ2n) is 6.28. The summed E-state index contributed by atoms with van der Waals surface area (Å²) in [4.78, 5) is 23.9. The Morgan fingerprint density at radius 2 is 1.71 bits per heavy atom. The number of hydrogen-bond acceptors (Lipinski definition) is 3. The van der Waals surface area contributed by atoms with Gasteiger partial charge in [-0.2, -0.15) is 0 Å². The molecule has 0 aliphatic heterocycles. The maximum absolute atomic E-state index is 12.0. The van der Waals surface area contributed by atoms with Crippen LogP contribution in [0.25, 0.3) is 0 Å². The Kier molecular flexibility index (Phi) is 5.90. The van der Waals surface area contributed by atoms with Crippen molar-refractivity contribution in [3.8, 4) is 0 Å². The molecule has 2 amide bonds. The summed E-state index contributed by atoms with van der Waals surface area (Å²) in [5, 5.41) is 5.43. The van der Waals surface area contributed by atoms with Crippen molar-refractivity contribution in [1.82, 2.24) is 10.6 Å². The highest BCUT2D eigenvalue weighted by Crippen LogP contribution is 2.17. The number of rotatable bonds is 5. The van der Waals surface area contributed by atoms with E-state index in [9.17, 15) is 9.59 Å². The molecule has 1 aromatic rings. The average molecular weight is 291 g/mol. The lowest BCUT2D eigenvalue weighted by atomic mass is 9.87. The zero-order valence-corrected chi connectivity index (χ0v) is 13.1.